The zero-order valence-electron chi connectivity index (χ0n) is 16.3. The number of hydrogen-bond donors (Lipinski definition) is 0. The molecule has 1 aliphatic heterocycles. The van der Waals surface area contributed by atoms with Crippen molar-refractivity contribution >= 4 is 18.1 Å². The number of imide groups is 1. The Morgan fingerprint density at radius 3 is 2.32 bits per heavy atom. The zero-order chi connectivity index (χ0) is 20.1. The molecule has 0 saturated carbocycles. The van der Waals surface area contributed by atoms with Crippen LogP contribution in [0.25, 0.3) is 6.08 Å². The number of nitrogens with zero attached hydrogens (tertiary/aromatic N) is 1. The predicted octanol–water partition coefficient (Wildman–Crippen LogP) is 4.46. The summed E-state index contributed by atoms with van der Waals surface area (Å²) in [6, 6.07) is 18.9. The fourth-order valence-corrected chi connectivity index (χ4v) is 3.42. The van der Waals surface area contributed by atoms with E-state index in [2.05, 4.69) is 0 Å². The highest BCUT2D eigenvalue weighted by molar-refractivity contribution is 5.95. The Hall–Kier alpha value is -2.92. The summed E-state index contributed by atoms with van der Waals surface area (Å²) in [5, 5.41) is 0. The first-order valence-corrected chi connectivity index (χ1v) is 9.37. The van der Waals surface area contributed by atoms with E-state index in [9.17, 15) is 9.59 Å². The van der Waals surface area contributed by atoms with Crippen molar-refractivity contribution in [2.75, 3.05) is 7.11 Å². The summed E-state index contributed by atoms with van der Waals surface area (Å²) in [6.07, 6.45) is 2.23. The molecule has 28 heavy (non-hydrogen) atoms. The summed E-state index contributed by atoms with van der Waals surface area (Å²) in [5.74, 6) is -0.838. The number of amides is 2. The van der Waals surface area contributed by atoms with Gasteiger partial charge >= 0.3 is 6.09 Å². The number of carbonyl (C=O) groups excluding carboxylic acids is 2. The van der Waals surface area contributed by atoms with Gasteiger partial charge in [-0.2, -0.15) is 0 Å². The van der Waals surface area contributed by atoms with Crippen LogP contribution in [-0.4, -0.2) is 36.2 Å². The molecule has 3 rings (SSSR count). The molecular formula is C23H25NO4. The van der Waals surface area contributed by atoms with Gasteiger partial charge in [0.2, 0.25) is 5.91 Å². The van der Waals surface area contributed by atoms with Gasteiger partial charge in [-0.1, -0.05) is 79.7 Å². The Balaban J connectivity index is 1.74. The van der Waals surface area contributed by atoms with Gasteiger partial charge in [0, 0.05) is 7.11 Å². The quantitative estimate of drug-likeness (QED) is 0.744. The van der Waals surface area contributed by atoms with E-state index in [-0.39, 0.29) is 11.9 Å². The molecular weight excluding hydrogens is 354 g/mol. The smallest absolute Gasteiger partial charge is 0.417 e. The highest BCUT2D eigenvalue weighted by Crippen LogP contribution is 2.33. The molecule has 2 aromatic carbocycles. The van der Waals surface area contributed by atoms with Crippen LogP contribution < -0.4 is 0 Å². The number of carbonyl (C=O) groups is 2. The molecule has 0 unspecified atom stereocenters. The van der Waals surface area contributed by atoms with E-state index in [1.807, 2.05) is 79.7 Å². The normalized spacial score (nSPS) is 21.5. The van der Waals surface area contributed by atoms with Crippen molar-refractivity contribution in [3.8, 4) is 0 Å². The average Bonchev–Trinajstić information content (AvgIpc) is 3.03. The second-order valence-electron chi connectivity index (χ2n) is 6.92. The Labute approximate surface area is 165 Å². The molecule has 5 heteroatoms. The molecule has 1 saturated heterocycles. The van der Waals surface area contributed by atoms with E-state index in [0.717, 1.165) is 11.1 Å². The number of cyclic esters (lactones) is 1. The minimum Gasteiger partial charge on any atom is -0.439 e. The topological polar surface area (TPSA) is 55.8 Å². The molecule has 4 atom stereocenters. The van der Waals surface area contributed by atoms with Crippen LogP contribution >= 0.6 is 0 Å². The third-order valence-corrected chi connectivity index (χ3v) is 5.07. The van der Waals surface area contributed by atoms with Gasteiger partial charge in [-0.05, 0) is 18.1 Å². The van der Waals surface area contributed by atoms with Crippen molar-refractivity contribution in [2.45, 2.75) is 32.1 Å². The minimum absolute atomic E-state index is 0.305. The second-order valence-corrected chi connectivity index (χ2v) is 6.92. The largest absolute Gasteiger partial charge is 0.439 e. The van der Waals surface area contributed by atoms with Crippen LogP contribution in [0.1, 0.15) is 31.1 Å². The second kappa shape index (κ2) is 8.85. The van der Waals surface area contributed by atoms with Gasteiger partial charge in [-0.3, -0.25) is 4.79 Å². The standard InChI is InChI=1S/C23H25NO4/c1-16(20(27-3)15-14-18-10-6-4-7-11-18)22(25)24-17(2)21(28-23(24)26)19-12-8-5-9-13-19/h4-17,20-21H,1-3H3/b15-14+/t16-,17-,20+,21-/m1/s1. The average molecular weight is 379 g/mol. The van der Waals surface area contributed by atoms with Gasteiger partial charge < -0.3 is 9.47 Å². The molecule has 0 bridgehead atoms. The molecule has 2 aromatic rings. The van der Waals surface area contributed by atoms with Crippen molar-refractivity contribution in [1.29, 1.82) is 0 Å². The van der Waals surface area contributed by atoms with Crippen LogP contribution in [0.15, 0.2) is 66.7 Å². The lowest BCUT2D eigenvalue weighted by molar-refractivity contribution is -0.136. The molecule has 2 amide bonds. The van der Waals surface area contributed by atoms with Crippen LogP contribution in [0.2, 0.25) is 0 Å². The highest BCUT2D eigenvalue weighted by atomic mass is 16.6. The Morgan fingerprint density at radius 1 is 1.11 bits per heavy atom. The first-order valence-electron chi connectivity index (χ1n) is 9.37. The maximum Gasteiger partial charge on any atom is 0.417 e. The van der Waals surface area contributed by atoms with Crippen LogP contribution in [0.4, 0.5) is 4.79 Å². The Kier molecular flexibility index (Phi) is 6.26. The van der Waals surface area contributed by atoms with Crippen molar-refractivity contribution in [3.05, 3.63) is 77.9 Å². The van der Waals surface area contributed by atoms with Gasteiger partial charge in [0.25, 0.3) is 0 Å². The van der Waals surface area contributed by atoms with E-state index in [4.69, 9.17) is 9.47 Å². The van der Waals surface area contributed by atoms with Crippen molar-refractivity contribution < 1.29 is 19.1 Å². The lowest BCUT2D eigenvalue weighted by Crippen LogP contribution is -2.44. The van der Waals surface area contributed by atoms with Crippen molar-refractivity contribution in [2.24, 2.45) is 5.92 Å². The first-order chi connectivity index (χ1) is 13.5. The van der Waals surface area contributed by atoms with E-state index in [1.54, 1.807) is 14.0 Å². The monoisotopic (exact) mass is 379 g/mol. The number of methoxy groups -OCH3 is 1. The van der Waals surface area contributed by atoms with Crippen LogP contribution in [0.5, 0.6) is 0 Å². The Bertz CT molecular complexity index is 834. The fourth-order valence-electron chi connectivity index (χ4n) is 3.42. The molecule has 1 heterocycles. The lowest BCUT2D eigenvalue weighted by Gasteiger charge is -2.25. The highest BCUT2D eigenvalue weighted by Gasteiger charge is 2.45. The maximum atomic E-state index is 13.1. The lowest BCUT2D eigenvalue weighted by atomic mass is 9.99. The summed E-state index contributed by atoms with van der Waals surface area (Å²) >= 11 is 0. The number of benzene rings is 2. The molecule has 0 radical (unpaired) electrons. The molecule has 5 nitrogen and oxygen atoms in total. The van der Waals surface area contributed by atoms with E-state index >= 15 is 0 Å². The van der Waals surface area contributed by atoms with Gasteiger partial charge in [0.1, 0.15) is 6.10 Å². The third kappa shape index (κ3) is 4.15. The van der Waals surface area contributed by atoms with Crippen LogP contribution in [-0.2, 0) is 14.3 Å². The predicted molar refractivity (Wildman–Crippen MR) is 107 cm³/mol. The molecule has 0 aliphatic carbocycles. The number of hydrogen-bond acceptors (Lipinski definition) is 4. The summed E-state index contributed by atoms with van der Waals surface area (Å²) in [6.45, 7) is 3.59. The summed E-state index contributed by atoms with van der Waals surface area (Å²) < 4.78 is 11.0. The fraction of sp³-hybridized carbons (Fsp3) is 0.304. The minimum atomic E-state index is -0.611. The van der Waals surface area contributed by atoms with Crippen LogP contribution in [0.3, 0.4) is 0 Å². The van der Waals surface area contributed by atoms with Gasteiger partial charge in [0.15, 0.2) is 0 Å². The van der Waals surface area contributed by atoms with E-state index in [1.165, 1.54) is 4.90 Å². The van der Waals surface area contributed by atoms with Gasteiger partial charge in [-0.25, -0.2) is 9.69 Å². The SMILES string of the molecule is CO[C@@H](/C=C/c1ccccc1)[C@@H](C)C(=O)N1C(=O)O[C@@H](c2ccccc2)[C@H]1C. The van der Waals surface area contributed by atoms with E-state index < -0.39 is 24.2 Å². The molecule has 1 fully saturated rings. The van der Waals surface area contributed by atoms with Crippen LogP contribution in [0, 0.1) is 5.92 Å². The molecule has 146 valence electrons. The zero-order valence-corrected chi connectivity index (χ0v) is 16.3. The molecule has 0 spiro atoms. The van der Waals surface area contributed by atoms with Crippen molar-refractivity contribution in [3.63, 3.8) is 0 Å². The van der Waals surface area contributed by atoms with Gasteiger partial charge in [-0.15, -0.1) is 0 Å². The number of ether oxygens (including phenoxy) is 2. The van der Waals surface area contributed by atoms with E-state index in [0.29, 0.717) is 0 Å². The molecule has 0 aromatic heterocycles. The molecule has 1 aliphatic rings. The van der Waals surface area contributed by atoms with Gasteiger partial charge in [0.05, 0.1) is 18.1 Å². The molecule has 0 N–H and O–H groups in total. The summed E-state index contributed by atoms with van der Waals surface area (Å²) in [7, 11) is 1.56. The number of rotatable bonds is 6. The third-order valence-electron chi connectivity index (χ3n) is 5.07. The summed E-state index contributed by atoms with van der Waals surface area (Å²) in [5.41, 5.74) is 1.89. The maximum absolute atomic E-state index is 13.1. The van der Waals surface area contributed by atoms with Crippen molar-refractivity contribution in [1.82, 2.24) is 4.90 Å². The Morgan fingerprint density at radius 2 is 1.71 bits per heavy atom. The summed E-state index contributed by atoms with van der Waals surface area (Å²) in [4.78, 5) is 26.7. The first kappa shape index (κ1) is 19.8.